The van der Waals surface area contributed by atoms with E-state index in [9.17, 15) is 13.2 Å². The van der Waals surface area contributed by atoms with Crippen molar-refractivity contribution >= 4 is 31.7 Å². The van der Waals surface area contributed by atoms with E-state index in [1.807, 2.05) is 6.07 Å². The smallest absolute Gasteiger partial charge is 0.237 e. The third-order valence-corrected chi connectivity index (χ3v) is 6.00. The molecular formula is C16H22BrNO3S. The van der Waals surface area contributed by atoms with Crippen molar-refractivity contribution < 1.29 is 13.2 Å². The Labute approximate surface area is 140 Å². The standard InChI is InChI=1S/C16H22BrNO3S/c1-18(10-13-5-2-3-6-13)16(19)12-22(20,21)11-14-7-4-8-15(17)9-14/h4,7-9,13H,2-3,5-6,10-12H2,1H3. The maximum Gasteiger partial charge on any atom is 0.237 e. The third-order valence-electron chi connectivity index (χ3n) is 4.05. The number of nitrogens with zero attached hydrogens (tertiary/aromatic N) is 1. The van der Waals surface area contributed by atoms with Crippen molar-refractivity contribution in [1.82, 2.24) is 4.90 Å². The molecular weight excluding hydrogens is 366 g/mol. The molecule has 1 saturated carbocycles. The lowest BCUT2D eigenvalue weighted by Gasteiger charge is -2.21. The van der Waals surface area contributed by atoms with Crippen molar-refractivity contribution in [2.45, 2.75) is 31.4 Å². The maximum atomic E-state index is 12.2. The van der Waals surface area contributed by atoms with Gasteiger partial charge in [0.25, 0.3) is 0 Å². The molecule has 1 aromatic rings. The third kappa shape index (κ3) is 5.39. The average Bonchev–Trinajstić information content (AvgIpc) is 2.90. The predicted octanol–water partition coefficient (Wildman–Crippen LogP) is 3.01. The molecule has 22 heavy (non-hydrogen) atoms. The van der Waals surface area contributed by atoms with Gasteiger partial charge in [-0.2, -0.15) is 0 Å². The van der Waals surface area contributed by atoms with Crippen molar-refractivity contribution in [3.05, 3.63) is 34.3 Å². The number of benzene rings is 1. The van der Waals surface area contributed by atoms with Crippen molar-refractivity contribution in [3.8, 4) is 0 Å². The fourth-order valence-corrected chi connectivity index (χ4v) is 4.74. The molecule has 1 aliphatic carbocycles. The number of carbonyl (C=O) groups is 1. The van der Waals surface area contributed by atoms with Crippen LogP contribution >= 0.6 is 15.9 Å². The van der Waals surface area contributed by atoms with Gasteiger partial charge in [-0.05, 0) is 36.5 Å². The average molecular weight is 388 g/mol. The Hall–Kier alpha value is -0.880. The summed E-state index contributed by atoms with van der Waals surface area (Å²) in [4.78, 5) is 13.7. The molecule has 0 spiro atoms. The maximum absolute atomic E-state index is 12.2. The molecule has 0 aliphatic heterocycles. The molecule has 0 heterocycles. The van der Waals surface area contributed by atoms with Crippen LogP contribution in [0.3, 0.4) is 0 Å². The molecule has 0 saturated heterocycles. The van der Waals surface area contributed by atoms with Crippen LogP contribution in [-0.2, 0) is 20.4 Å². The summed E-state index contributed by atoms with van der Waals surface area (Å²) in [6.45, 7) is 0.672. The lowest BCUT2D eigenvalue weighted by molar-refractivity contribution is -0.127. The van der Waals surface area contributed by atoms with Crippen LogP contribution in [0.15, 0.2) is 28.7 Å². The van der Waals surface area contributed by atoms with Crippen molar-refractivity contribution in [2.24, 2.45) is 5.92 Å². The van der Waals surface area contributed by atoms with Gasteiger partial charge < -0.3 is 4.90 Å². The molecule has 0 unspecified atom stereocenters. The molecule has 2 rings (SSSR count). The number of sulfone groups is 1. The summed E-state index contributed by atoms with van der Waals surface area (Å²) in [7, 11) is -1.74. The highest BCUT2D eigenvalue weighted by molar-refractivity contribution is 9.10. The van der Waals surface area contributed by atoms with Gasteiger partial charge in [0.15, 0.2) is 9.84 Å². The summed E-state index contributed by atoms with van der Waals surface area (Å²) in [5.41, 5.74) is 0.695. The van der Waals surface area contributed by atoms with E-state index in [4.69, 9.17) is 0 Å². The first-order valence-electron chi connectivity index (χ1n) is 7.54. The Bertz CT molecular complexity index is 624. The summed E-state index contributed by atoms with van der Waals surface area (Å²) >= 11 is 3.32. The molecule has 0 atom stereocenters. The van der Waals surface area contributed by atoms with Gasteiger partial charge >= 0.3 is 0 Å². The first kappa shape index (κ1) is 17.5. The highest BCUT2D eigenvalue weighted by atomic mass is 79.9. The molecule has 1 aliphatic rings. The Morgan fingerprint density at radius 1 is 1.32 bits per heavy atom. The summed E-state index contributed by atoms with van der Waals surface area (Å²) < 4.78 is 25.2. The SMILES string of the molecule is CN(CC1CCCC1)C(=O)CS(=O)(=O)Cc1cccc(Br)c1. The normalized spacial score (nSPS) is 15.9. The van der Waals surface area contributed by atoms with E-state index >= 15 is 0 Å². The Morgan fingerprint density at radius 2 is 2.00 bits per heavy atom. The van der Waals surface area contributed by atoms with Crippen molar-refractivity contribution in [2.75, 3.05) is 19.3 Å². The Kier molecular flexibility index (Phi) is 6.03. The van der Waals surface area contributed by atoms with Crippen LogP contribution in [-0.4, -0.2) is 38.6 Å². The quantitative estimate of drug-likeness (QED) is 0.753. The van der Waals surface area contributed by atoms with E-state index in [2.05, 4.69) is 15.9 Å². The first-order chi connectivity index (χ1) is 10.4. The van der Waals surface area contributed by atoms with Gasteiger partial charge in [-0.15, -0.1) is 0 Å². The zero-order chi connectivity index (χ0) is 16.2. The molecule has 1 fully saturated rings. The van der Waals surface area contributed by atoms with E-state index in [-0.39, 0.29) is 11.7 Å². The van der Waals surface area contributed by atoms with Gasteiger partial charge in [-0.3, -0.25) is 4.79 Å². The van der Waals surface area contributed by atoms with E-state index in [0.29, 0.717) is 18.0 Å². The molecule has 122 valence electrons. The van der Waals surface area contributed by atoms with E-state index in [1.165, 1.54) is 12.8 Å². The lowest BCUT2D eigenvalue weighted by Crippen LogP contribution is -2.35. The van der Waals surface area contributed by atoms with Gasteiger partial charge in [0.1, 0.15) is 5.75 Å². The van der Waals surface area contributed by atoms with Gasteiger partial charge in [-0.25, -0.2) is 8.42 Å². The molecule has 6 heteroatoms. The van der Waals surface area contributed by atoms with E-state index < -0.39 is 15.6 Å². The molecule has 1 aromatic carbocycles. The minimum Gasteiger partial charge on any atom is -0.345 e. The van der Waals surface area contributed by atoms with E-state index in [0.717, 1.165) is 17.3 Å². The molecule has 0 aromatic heterocycles. The second kappa shape index (κ2) is 7.59. The molecule has 0 radical (unpaired) electrons. The van der Waals surface area contributed by atoms with Crippen LogP contribution in [0, 0.1) is 5.92 Å². The molecule has 1 amide bonds. The number of halogens is 1. The number of hydrogen-bond donors (Lipinski definition) is 0. The van der Waals surface area contributed by atoms with Gasteiger partial charge in [0, 0.05) is 18.1 Å². The van der Waals surface area contributed by atoms with Gasteiger partial charge in [0.05, 0.1) is 5.75 Å². The number of amides is 1. The Morgan fingerprint density at radius 3 is 2.64 bits per heavy atom. The Balaban J connectivity index is 1.91. The number of hydrogen-bond acceptors (Lipinski definition) is 3. The van der Waals surface area contributed by atoms with Crippen LogP contribution in [0.2, 0.25) is 0 Å². The van der Waals surface area contributed by atoms with Gasteiger partial charge in [0.2, 0.25) is 5.91 Å². The summed E-state index contributed by atoms with van der Waals surface area (Å²) in [5, 5.41) is 0. The summed E-state index contributed by atoms with van der Waals surface area (Å²) in [6, 6.07) is 7.17. The highest BCUT2D eigenvalue weighted by Gasteiger charge is 2.23. The fourth-order valence-electron chi connectivity index (χ4n) is 2.91. The zero-order valence-corrected chi connectivity index (χ0v) is 15.2. The fraction of sp³-hybridized carbons (Fsp3) is 0.562. The van der Waals surface area contributed by atoms with Crippen LogP contribution in [0.25, 0.3) is 0 Å². The van der Waals surface area contributed by atoms with Crippen LogP contribution in [0.1, 0.15) is 31.2 Å². The topological polar surface area (TPSA) is 54.5 Å². The van der Waals surface area contributed by atoms with Crippen molar-refractivity contribution in [3.63, 3.8) is 0 Å². The second-order valence-electron chi connectivity index (χ2n) is 6.09. The van der Waals surface area contributed by atoms with Crippen LogP contribution < -0.4 is 0 Å². The van der Waals surface area contributed by atoms with Crippen LogP contribution in [0.5, 0.6) is 0 Å². The summed E-state index contributed by atoms with van der Waals surface area (Å²) in [5.74, 6) is -0.290. The van der Waals surface area contributed by atoms with Crippen LogP contribution in [0.4, 0.5) is 0 Å². The first-order valence-corrected chi connectivity index (χ1v) is 10.2. The molecule has 4 nitrogen and oxygen atoms in total. The lowest BCUT2D eigenvalue weighted by atomic mass is 10.1. The zero-order valence-electron chi connectivity index (χ0n) is 12.8. The second-order valence-corrected chi connectivity index (χ2v) is 9.07. The minimum atomic E-state index is -3.44. The number of carbonyl (C=O) groups excluding carboxylic acids is 1. The van der Waals surface area contributed by atoms with Gasteiger partial charge in [-0.1, -0.05) is 40.9 Å². The number of rotatable bonds is 6. The molecule has 0 bridgehead atoms. The largest absolute Gasteiger partial charge is 0.345 e. The molecule has 0 N–H and O–H groups in total. The highest BCUT2D eigenvalue weighted by Crippen LogP contribution is 2.25. The van der Waals surface area contributed by atoms with Crippen molar-refractivity contribution in [1.29, 1.82) is 0 Å². The minimum absolute atomic E-state index is 0.102. The predicted molar refractivity (Wildman–Crippen MR) is 91.2 cm³/mol. The van der Waals surface area contributed by atoms with E-state index in [1.54, 1.807) is 30.1 Å². The monoisotopic (exact) mass is 387 g/mol. The summed E-state index contributed by atoms with van der Waals surface area (Å²) in [6.07, 6.45) is 4.71.